The van der Waals surface area contributed by atoms with Crippen molar-refractivity contribution in [1.82, 2.24) is 9.78 Å². The Hall–Kier alpha value is -1.97. The molecule has 0 aliphatic rings. The molecule has 1 aromatic carbocycles. The zero-order chi connectivity index (χ0) is 12.4. The summed E-state index contributed by atoms with van der Waals surface area (Å²) in [5.41, 5.74) is 1.74. The maximum absolute atomic E-state index is 13.2. The number of rotatable bonds is 3. The summed E-state index contributed by atoms with van der Waals surface area (Å²) in [5.74, 6) is -0.501. The first-order valence-electron chi connectivity index (χ1n) is 5.42. The van der Waals surface area contributed by atoms with Crippen molar-refractivity contribution in [1.29, 1.82) is 0 Å². The fourth-order valence-electron chi connectivity index (χ4n) is 1.75. The lowest BCUT2D eigenvalue weighted by molar-refractivity contribution is 0.112. The highest BCUT2D eigenvalue weighted by Gasteiger charge is 2.10. The molecule has 0 radical (unpaired) electrons. The van der Waals surface area contributed by atoms with Crippen molar-refractivity contribution in [2.75, 3.05) is 0 Å². The van der Waals surface area contributed by atoms with Crippen LogP contribution >= 0.6 is 0 Å². The molecule has 0 bridgehead atoms. The van der Waals surface area contributed by atoms with Crippen LogP contribution in [0.2, 0.25) is 0 Å². The van der Waals surface area contributed by atoms with Gasteiger partial charge in [-0.05, 0) is 38.1 Å². The Morgan fingerprint density at radius 2 is 2.12 bits per heavy atom. The third kappa shape index (κ3) is 2.11. The van der Waals surface area contributed by atoms with Gasteiger partial charge in [0.2, 0.25) is 0 Å². The second kappa shape index (κ2) is 4.49. The van der Waals surface area contributed by atoms with Crippen LogP contribution in [-0.2, 0) is 0 Å². The molecule has 0 saturated heterocycles. The second-order valence-electron chi connectivity index (χ2n) is 4.11. The summed E-state index contributed by atoms with van der Waals surface area (Å²) in [6, 6.07) is 6.55. The van der Waals surface area contributed by atoms with Gasteiger partial charge in [0.15, 0.2) is 6.29 Å². The first-order chi connectivity index (χ1) is 8.13. The van der Waals surface area contributed by atoms with Gasteiger partial charge in [-0.15, -0.1) is 0 Å². The van der Waals surface area contributed by atoms with E-state index < -0.39 is 5.82 Å². The highest BCUT2D eigenvalue weighted by molar-refractivity contribution is 5.78. The summed E-state index contributed by atoms with van der Waals surface area (Å²) >= 11 is 0. The van der Waals surface area contributed by atoms with Crippen LogP contribution in [0.3, 0.4) is 0 Å². The summed E-state index contributed by atoms with van der Waals surface area (Å²) in [4.78, 5) is 10.7. The summed E-state index contributed by atoms with van der Waals surface area (Å²) in [5, 5.41) is 4.20. The van der Waals surface area contributed by atoms with Gasteiger partial charge < -0.3 is 0 Å². The maximum Gasteiger partial charge on any atom is 0.153 e. The van der Waals surface area contributed by atoms with Crippen LogP contribution in [0.5, 0.6) is 0 Å². The number of nitrogens with zero attached hydrogens (tertiary/aromatic N) is 2. The van der Waals surface area contributed by atoms with Crippen molar-refractivity contribution >= 4 is 6.29 Å². The SMILES string of the molecule is CC(C)n1nccc1-c1ccc(F)c(C=O)c1. The molecule has 0 aliphatic carbocycles. The van der Waals surface area contributed by atoms with E-state index in [0.29, 0.717) is 6.29 Å². The quantitative estimate of drug-likeness (QED) is 0.762. The van der Waals surface area contributed by atoms with E-state index in [0.717, 1.165) is 11.3 Å². The first kappa shape index (κ1) is 11.5. The number of aromatic nitrogens is 2. The van der Waals surface area contributed by atoms with Crippen molar-refractivity contribution in [3.05, 3.63) is 41.8 Å². The zero-order valence-corrected chi connectivity index (χ0v) is 9.72. The van der Waals surface area contributed by atoms with Gasteiger partial charge in [-0.3, -0.25) is 9.48 Å². The van der Waals surface area contributed by atoms with Gasteiger partial charge in [-0.2, -0.15) is 5.10 Å². The van der Waals surface area contributed by atoms with Crippen molar-refractivity contribution in [3.63, 3.8) is 0 Å². The maximum atomic E-state index is 13.2. The number of carbonyl (C=O) groups is 1. The van der Waals surface area contributed by atoms with Crippen LogP contribution in [0, 0.1) is 5.82 Å². The molecule has 0 spiro atoms. The standard InChI is InChI=1S/C13H13FN2O/c1-9(2)16-13(5-6-15-16)10-3-4-12(14)11(7-10)8-17/h3-9H,1-2H3. The Morgan fingerprint density at radius 1 is 1.35 bits per heavy atom. The minimum absolute atomic E-state index is 0.0685. The molecule has 0 N–H and O–H groups in total. The van der Waals surface area contributed by atoms with Crippen molar-refractivity contribution in [2.24, 2.45) is 0 Å². The molecule has 0 amide bonds. The van der Waals surface area contributed by atoms with Crippen molar-refractivity contribution in [3.8, 4) is 11.3 Å². The van der Waals surface area contributed by atoms with Crippen LogP contribution in [0.1, 0.15) is 30.2 Å². The summed E-state index contributed by atoms with van der Waals surface area (Å²) in [7, 11) is 0. The summed E-state index contributed by atoms with van der Waals surface area (Å²) < 4.78 is 15.1. The fraction of sp³-hybridized carbons (Fsp3) is 0.231. The number of benzene rings is 1. The molecule has 0 atom stereocenters. The van der Waals surface area contributed by atoms with E-state index in [1.807, 2.05) is 24.6 Å². The Bertz CT molecular complexity index is 546. The Balaban J connectivity index is 2.53. The minimum atomic E-state index is -0.501. The molecule has 2 rings (SSSR count). The van der Waals surface area contributed by atoms with Crippen LogP contribution in [0.15, 0.2) is 30.5 Å². The van der Waals surface area contributed by atoms with Crippen molar-refractivity contribution < 1.29 is 9.18 Å². The average Bonchev–Trinajstić information content (AvgIpc) is 2.78. The molecule has 0 fully saturated rings. The van der Waals surface area contributed by atoms with E-state index in [1.165, 1.54) is 12.1 Å². The van der Waals surface area contributed by atoms with E-state index in [-0.39, 0.29) is 11.6 Å². The zero-order valence-electron chi connectivity index (χ0n) is 9.72. The monoisotopic (exact) mass is 232 g/mol. The average molecular weight is 232 g/mol. The van der Waals surface area contributed by atoms with E-state index in [4.69, 9.17) is 0 Å². The first-order valence-corrected chi connectivity index (χ1v) is 5.42. The lowest BCUT2D eigenvalue weighted by Crippen LogP contribution is -2.04. The molecule has 2 aromatic rings. The largest absolute Gasteiger partial charge is 0.298 e. The minimum Gasteiger partial charge on any atom is -0.298 e. The molecule has 1 heterocycles. The molecule has 0 unspecified atom stereocenters. The molecule has 3 nitrogen and oxygen atoms in total. The Morgan fingerprint density at radius 3 is 2.76 bits per heavy atom. The Kier molecular flexibility index (Phi) is 3.04. The van der Waals surface area contributed by atoms with Gasteiger partial charge >= 0.3 is 0 Å². The van der Waals surface area contributed by atoms with Crippen molar-refractivity contribution in [2.45, 2.75) is 19.9 Å². The third-order valence-electron chi connectivity index (χ3n) is 2.58. The molecule has 17 heavy (non-hydrogen) atoms. The number of halogens is 1. The van der Waals surface area contributed by atoms with Gasteiger partial charge in [0, 0.05) is 17.8 Å². The highest BCUT2D eigenvalue weighted by Crippen LogP contribution is 2.23. The lowest BCUT2D eigenvalue weighted by atomic mass is 10.1. The fourth-order valence-corrected chi connectivity index (χ4v) is 1.75. The topological polar surface area (TPSA) is 34.9 Å². The number of aldehydes is 1. The van der Waals surface area contributed by atoms with E-state index in [2.05, 4.69) is 5.10 Å². The molecular weight excluding hydrogens is 219 g/mol. The molecule has 0 saturated carbocycles. The van der Waals surface area contributed by atoms with Gasteiger partial charge in [0.25, 0.3) is 0 Å². The van der Waals surface area contributed by atoms with Crippen LogP contribution < -0.4 is 0 Å². The van der Waals surface area contributed by atoms with E-state index in [1.54, 1.807) is 12.3 Å². The smallest absolute Gasteiger partial charge is 0.153 e. The lowest BCUT2D eigenvalue weighted by Gasteiger charge is -2.11. The van der Waals surface area contributed by atoms with Crippen LogP contribution in [0.25, 0.3) is 11.3 Å². The number of hydrogen-bond donors (Lipinski definition) is 0. The molecule has 0 aliphatic heterocycles. The number of hydrogen-bond acceptors (Lipinski definition) is 2. The van der Waals surface area contributed by atoms with Gasteiger partial charge in [-0.25, -0.2) is 4.39 Å². The molecule has 1 aromatic heterocycles. The van der Waals surface area contributed by atoms with Gasteiger partial charge in [0.1, 0.15) is 5.82 Å². The van der Waals surface area contributed by atoms with Crippen LogP contribution in [-0.4, -0.2) is 16.1 Å². The van der Waals surface area contributed by atoms with Crippen LogP contribution in [0.4, 0.5) is 4.39 Å². The highest BCUT2D eigenvalue weighted by atomic mass is 19.1. The van der Waals surface area contributed by atoms with Gasteiger partial charge in [-0.1, -0.05) is 0 Å². The normalized spacial score (nSPS) is 10.8. The summed E-state index contributed by atoms with van der Waals surface area (Å²) in [6.07, 6.45) is 2.22. The second-order valence-corrected chi connectivity index (χ2v) is 4.11. The summed E-state index contributed by atoms with van der Waals surface area (Å²) in [6.45, 7) is 4.03. The molecular formula is C13H13FN2O. The number of carbonyl (C=O) groups excluding carboxylic acids is 1. The predicted octanol–water partition coefficient (Wildman–Crippen LogP) is 3.08. The van der Waals surface area contributed by atoms with Gasteiger partial charge in [0.05, 0.1) is 11.3 Å². The van der Waals surface area contributed by atoms with E-state index >= 15 is 0 Å². The van der Waals surface area contributed by atoms with E-state index in [9.17, 15) is 9.18 Å². The Labute approximate surface area is 98.9 Å². The third-order valence-corrected chi connectivity index (χ3v) is 2.58. The molecule has 88 valence electrons. The predicted molar refractivity (Wildman–Crippen MR) is 63.4 cm³/mol. The molecule has 4 heteroatoms.